The van der Waals surface area contributed by atoms with E-state index < -0.39 is 0 Å². The van der Waals surface area contributed by atoms with Gasteiger partial charge in [0.1, 0.15) is 5.78 Å². The first-order chi connectivity index (χ1) is 10.9. The smallest absolute Gasteiger partial charge is 0.139 e. The average Bonchev–Trinajstić information content (AvgIpc) is 2.83. The van der Waals surface area contributed by atoms with Crippen molar-refractivity contribution in [2.24, 2.45) is 40.4 Å². The van der Waals surface area contributed by atoms with Gasteiger partial charge in [0.2, 0.25) is 0 Å². The zero-order valence-corrected chi connectivity index (χ0v) is 14.8. The summed E-state index contributed by atoms with van der Waals surface area (Å²) in [4.78, 5) is 12.5. The minimum Gasteiger partial charge on any atom is -0.393 e. The van der Waals surface area contributed by atoms with Crippen LogP contribution < -0.4 is 0 Å². The molecule has 2 nitrogen and oxygen atoms in total. The van der Waals surface area contributed by atoms with E-state index >= 15 is 0 Å². The predicted octanol–water partition coefficient (Wildman–Crippen LogP) is 4.37. The number of ketones is 1. The zero-order chi connectivity index (χ0) is 16.4. The average molecular weight is 316 g/mol. The van der Waals surface area contributed by atoms with Crippen molar-refractivity contribution in [3.8, 4) is 0 Å². The molecule has 0 amide bonds. The molecule has 2 heteroatoms. The first kappa shape index (κ1) is 15.9. The molecular weight excluding hydrogens is 284 g/mol. The van der Waals surface area contributed by atoms with Gasteiger partial charge in [0.25, 0.3) is 0 Å². The van der Waals surface area contributed by atoms with E-state index in [-0.39, 0.29) is 11.5 Å². The largest absolute Gasteiger partial charge is 0.393 e. The van der Waals surface area contributed by atoms with Crippen molar-refractivity contribution in [3.63, 3.8) is 0 Å². The summed E-state index contributed by atoms with van der Waals surface area (Å²) >= 11 is 0. The predicted molar refractivity (Wildman–Crippen MR) is 91.8 cm³/mol. The Bertz CT molecular complexity index is 526. The third-order valence-electron chi connectivity index (χ3n) is 8.75. The Hall–Kier alpha value is -0.630. The summed E-state index contributed by atoms with van der Waals surface area (Å²) in [7, 11) is 0. The van der Waals surface area contributed by atoms with Gasteiger partial charge in [-0.3, -0.25) is 4.79 Å². The molecule has 128 valence electrons. The maximum absolute atomic E-state index is 12.5. The van der Waals surface area contributed by atoms with Gasteiger partial charge in [0, 0.05) is 11.8 Å². The van der Waals surface area contributed by atoms with Crippen molar-refractivity contribution in [2.75, 3.05) is 0 Å². The summed E-state index contributed by atoms with van der Waals surface area (Å²) in [5, 5.41) is 10.2. The maximum Gasteiger partial charge on any atom is 0.139 e. The van der Waals surface area contributed by atoms with E-state index in [0.717, 1.165) is 44.4 Å². The normalized spacial score (nSPS) is 55.7. The minimum absolute atomic E-state index is 0.0374. The standard InChI is InChI=1S/C21H32O2/c1-4-13-11-15-16-5-6-19(23)21(16,3)10-8-17(15)20(2)9-7-14(22)12-18(13)20/h4,13-18,22H,1,5-12H2,2-3H3/t13?,14?,15-,16-,17+,18?,20+,21-/m0/s1. The van der Waals surface area contributed by atoms with Gasteiger partial charge in [-0.15, -0.1) is 6.58 Å². The van der Waals surface area contributed by atoms with Gasteiger partial charge in [-0.05, 0) is 80.0 Å². The van der Waals surface area contributed by atoms with Crippen LogP contribution in [0.25, 0.3) is 0 Å². The second kappa shape index (κ2) is 5.18. The fourth-order valence-electron chi connectivity index (χ4n) is 7.41. The van der Waals surface area contributed by atoms with Gasteiger partial charge in [0.15, 0.2) is 0 Å². The topological polar surface area (TPSA) is 37.3 Å². The number of hydrogen-bond acceptors (Lipinski definition) is 2. The minimum atomic E-state index is -0.117. The fourth-order valence-corrected chi connectivity index (χ4v) is 7.41. The Kier molecular flexibility index (Phi) is 3.58. The van der Waals surface area contributed by atoms with Gasteiger partial charge < -0.3 is 5.11 Å². The molecule has 0 aliphatic heterocycles. The van der Waals surface area contributed by atoms with Gasteiger partial charge in [-0.25, -0.2) is 0 Å². The number of aliphatic hydroxyl groups is 1. The number of rotatable bonds is 1. The summed E-state index contributed by atoms with van der Waals surface area (Å²) in [6, 6.07) is 0. The fraction of sp³-hybridized carbons (Fsp3) is 0.857. The molecule has 4 fully saturated rings. The lowest BCUT2D eigenvalue weighted by Gasteiger charge is -2.62. The summed E-state index contributed by atoms with van der Waals surface area (Å²) in [6.45, 7) is 8.89. The molecule has 4 aliphatic carbocycles. The van der Waals surface area contributed by atoms with Crippen LogP contribution in [0.15, 0.2) is 12.7 Å². The summed E-state index contributed by atoms with van der Waals surface area (Å²) in [5.41, 5.74) is 0.304. The SMILES string of the molecule is C=CC1C[C@@H]2[C@@H](CC[C@]3(C)C(=O)CC[C@@H]23)[C@@]2(C)CCC(O)CC12. The van der Waals surface area contributed by atoms with Crippen LogP contribution in [0.3, 0.4) is 0 Å². The molecule has 4 saturated carbocycles. The third kappa shape index (κ3) is 2.06. The van der Waals surface area contributed by atoms with Crippen molar-refractivity contribution < 1.29 is 9.90 Å². The van der Waals surface area contributed by atoms with Gasteiger partial charge >= 0.3 is 0 Å². The Morgan fingerprint density at radius 3 is 2.61 bits per heavy atom. The van der Waals surface area contributed by atoms with E-state index in [4.69, 9.17) is 0 Å². The van der Waals surface area contributed by atoms with E-state index in [9.17, 15) is 9.90 Å². The zero-order valence-electron chi connectivity index (χ0n) is 14.8. The molecule has 0 radical (unpaired) electrons. The quantitative estimate of drug-likeness (QED) is 0.729. The molecule has 4 rings (SSSR count). The molecule has 3 unspecified atom stereocenters. The van der Waals surface area contributed by atoms with E-state index in [1.807, 2.05) is 0 Å². The van der Waals surface area contributed by atoms with E-state index in [1.165, 1.54) is 12.8 Å². The number of allylic oxidation sites excluding steroid dienone is 1. The summed E-state index contributed by atoms with van der Waals surface area (Å²) in [6.07, 6.45) is 10.6. The van der Waals surface area contributed by atoms with Crippen LogP contribution >= 0.6 is 0 Å². The molecule has 0 saturated heterocycles. The molecule has 0 aromatic heterocycles. The summed E-state index contributed by atoms with van der Waals surface area (Å²) < 4.78 is 0. The molecular formula is C21H32O2. The van der Waals surface area contributed by atoms with Crippen molar-refractivity contribution in [1.82, 2.24) is 0 Å². The van der Waals surface area contributed by atoms with Crippen LogP contribution in [0.2, 0.25) is 0 Å². The first-order valence-corrected chi connectivity index (χ1v) is 9.74. The number of carbonyl (C=O) groups is 1. The highest BCUT2D eigenvalue weighted by Crippen LogP contribution is 2.66. The van der Waals surface area contributed by atoms with E-state index in [2.05, 4.69) is 26.5 Å². The third-order valence-corrected chi connectivity index (χ3v) is 8.75. The van der Waals surface area contributed by atoms with Crippen LogP contribution in [-0.2, 0) is 4.79 Å². The van der Waals surface area contributed by atoms with Gasteiger partial charge in [0.05, 0.1) is 6.10 Å². The number of fused-ring (bicyclic) bond motifs is 5. The lowest BCUT2D eigenvalue weighted by molar-refractivity contribution is -0.149. The maximum atomic E-state index is 12.5. The van der Waals surface area contributed by atoms with Crippen LogP contribution in [0, 0.1) is 40.4 Å². The number of hydrogen-bond donors (Lipinski definition) is 1. The van der Waals surface area contributed by atoms with Crippen LogP contribution in [-0.4, -0.2) is 17.0 Å². The molecule has 0 aromatic rings. The highest BCUT2D eigenvalue weighted by molar-refractivity contribution is 5.87. The van der Waals surface area contributed by atoms with Crippen molar-refractivity contribution in [1.29, 1.82) is 0 Å². The van der Waals surface area contributed by atoms with Crippen molar-refractivity contribution in [3.05, 3.63) is 12.7 Å². The first-order valence-electron chi connectivity index (χ1n) is 9.74. The summed E-state index contributed by atoms with van der Waals surface area (Å²) in [5.74, 6) is 3.68. The molecule has 0 heterocycles. The second-order valence-electron chi connectivity index (χ2n) is 9.47. The molecule has 4 aliphatic rings. The van der Waals surface area contributed by atoms with Gasteiger partial charge in [-0.2, -0.15) is 0 Å². The van der Waals surface area contributed by atoms with Crippen LogP contribution in [0.5, 0.6) is 0 Å². The van der Waals surface area contributed by atoms with Crippen LogP contribution in [0.4, 0.5) is 0 Å². The Labute approximate surface area is 140 Å². The van der Waals surface area contributed by atoms with Crippen molar-refractivity contribution in [2.45, 2.75) is 71.3 Å². The molecule has 0 aromatic carbocycles. The molecule has 0 spiro atoms. The Morgan fingerprint density at radius 1 is 1.09 bits per heavy atom. The number of aliphatic hydroxyl groups excluding tert-OH is 1. The Balaban J connectivity index is 1.70. The highest BCUT2D eigenvalue weighted by Gasteiger charge is 2.61. The highest BCUT2D eigenvalue weighted by atomic mass is 16.3. The molecule has 0 bridgehead atoms. The lowest BCUT2D eigenvalue weighted by atomic mass is 9.43. The van der Waals surface area contributed by atoms with Crippen molar-refractivity contribution >= 4 is 5.78 Å². The van der Waals surface area contributed by atoms with E-state index in [0.29, 0.717) is 34.9 Å². The second-order valence-corrected chi connectivity index (χ2v) is 9.47. The molecule has 8 atom stereocenters. The molecule has 23 heavy (non-hydrogen) atoms. The number of carbonyl (C=O) groups excluding carboxylic acids is 1. The number of Topliss-reactive ketones (excluding diaryl/α,β-unsaturated/α-hetero) is 1. The molecule has 1 N–H and O–H groups in total. The van der Waals surface area contributed by atoms with E-state index in [1.54, 1.807) is 0 Å². The Morgan fingerprint density at radius 2 is 1.87 bits per heavy atom. The monoisotopic (exact) mass is 316 g/mol. The van der Waals surface area contributed by atoms with Gasteiger partial charge in [-0.1, -0.05) is 19.9 Å². The van der Waals surface area contributed by atoms with Crippen LogP contribution in [0.1, 0.15) is 65.2 Å². The lowest BCUT2D eigenvalue weighted by Crippen LogP contribution is -2.56.